The van der Waals surface area contributed by atoms with Crippen molar-refractivity contribution in [2.24, 2.45) is 5.92 Å². The first-order chi connectivity index (χ1) is 15.0. The van der Waals surface area contributed by atoms with E-state index in [1.165, 1.54) is 11.1 Å². The van der Waals surface area contributed by atoms with Crippen molar-refractivity contribution in [1.29, 1.82) is 0 Å². The minimum absolute atomic E-state index is 0.0948. The largest absolute Gasteiger partial charge is 0.366 e. The van der Waals surface area contributed by atoms with Crippen molar-refractivity contribution in [3.8, 4) is 0 Å². The molecule has 8 heteroatoms. The van der Waals surface area contributed by atoms with Crippen LogP contribution >= 0.6 is 11.6 Å². The maximum Gasteiger partial charge on any atom is 0.287 e. The number of hydrogen-bond donors (Lipinski definition) is 2. The summed E-state index contributed by atoms with van der Waals surface area (Å²) in [5.41, 5.74) is 3.07. The lowest BCUT2D eigenvalue weighted by Gasteiger charge is -2.29. The van der Waals surface area contributed by atoms with Gasteiger partial charge in [0.05, 0.1) is 18.4 Å². The van der Waals surface area contributed by atoms with Crippen LogP contribution in [0.2, 0.25) is 5.02 Å². The Morgan fingerprint density at radius 2 is 1.97 bits per heavy atom. The number of nitrogens with one attached hydrogen (secondary N) is 2. The minimum atomic E-state index is -0.297. The molecule has 4 rings (SSSR count). The molecule has 2 fully saturated rings. The Morgan fingerprint density at radius 3 is 2.71 bits per heavy atom. The van der Waals surface area contributed by atoms with Gasteiger partial charge < -0.3 is 15.5 Å². The fourth-order valence-electron chi connectivity index (χ4n) is 4.45. The van der Waals surface area contributed by atoms with Gasteiger partial charge in [0, 0.05) is 37.8 Å². The molecule has 0 atom stereocenters. The van der Waals surface area contributed by atoms with Crippen molar-refractivity contribution in [2.75, 3.05) is 36.4 Å². The van der Waals surface area contributed by atoms with Gasteiger partial charge in [-0.15, -0.1) is 0 Å². The molecule has 2 aliphatic rings. The number of piperazine rings is 1. The number of carbonyl (C=O) groups excluding carboxylic acids is 1. The summed E-state index contributed by atoms with van der Waals surface area (Å²) in [6.07, 6.45) is 7.06. The van der Waals surface area contributed by atoms with E-state index in [4.69, 9.17) is 11.6 Å². The first-order valence-electron chi connectivity index (χ1n) is 11.1. The molecule has 1 aromatic carbocycles. The summed E-state index contributed by atoms with van der Waals surface area (Å²) in [6.45, 7) is 5.59. The number of anilines is 2. The van der Waals surface area contributed by atoms with Crippen molar-refractivity contribution in [3.63, 3.8) is 0 Å². The minimum Gasteiger partial charge on any atom is -0.366 e. The number of amides is 1. The number of carbonyl (C=O) groups is 1. The molecule has 0 unspecified atom stereocenters. The highest BCUT2D eigenvalue weighted by Crippen LogP contribution is 2.27. The molecule has 0 bridgehead atoms. The molecule has 0 spiro atoms. The van der Waals surface area contributed by atoms with Gasteiger partial charge in [0.15, 0.2) is 0 Å². The highest BCUT2D eigenvalue weighted by atomic mass is 35.5. The van der Waals surface area contributed by atoms with Gasteiger partial charge in [0.2, 0.25) is 5.91 Å². The van der Waals surface area contributed by atoms with Crippen LogP contribution in [0.3, 0.4) is 0 Å². The smallest absolute Gasteiger partial charge is 0.287 e. The summed E-state index contributed by atoms with van der Waals surface area (Å²) in [4.78, 5) is 27.6. The maximum atomic E-state index is 12.9. The standard InChI is InChI=1S/C23H30ClN5O2/c1-16-18(8-5-9-19(16)27-22(30)17-6-3-2-4-7-17)15-29-23(31)21(24)20(14-26-29)28-12-10-25-11-13-28/h5,8-9,14,17,25H,2-4,6-7,10-13,15H2,1H3,(H,27,30). The number of halogens is 1. The second-order valence-corrected chi connectivity index (χ2v) is 8.84. The quantitative estimate of drug-likeness (QED) is 0.741. The van der Waals surface area contributed by atoms with Gasteiger partial charge in [-0.1, -0.05) is 43.0 Å². The molecule has 1 aliphatic carbocycles. The van der Waals surface area contributed by atoms with Gasteiger partial charge in [-0.2, -0.15) is 5.10 Å². The molecule has 7 nitrogen and oxygen atoms in total. The van der Waals surface area contributed by atoms with Gasteiger partial charge in [0.25, 0.3) is 5.56 Å². The number of hydrogen-bond acceptors (Lipinski definition) is 5. The van der Waals surface area contributed by atoms with Crippen LogP contribution in [0.1, 0.15) is 43.2 Å². The van der Waals surface area contributed by atoms with Gasteiger partial charge in [0.1, 0.15) is 5.02 Å². The lowest BCUT2D eigenvalue weighted by Crippen LogP contribution is -2.44. The Hall–Kier alpha value is -2.38. The van der Waals surface area contributed by atoms with Crippen molar-refractivity contribution in [1.82, 2.24) is 15.1 Å². The summed E-state index contributed by atoms with van der Waals surface area (Å²) in [5, 5.41) is 11.0. The zero-order chi connectivity index (χ0) is 21.8. The molecule has 31 heavy (non-hydrogen) atoms. The molecule has 2 aromatic rings. The topological polar surface area (TPSA) is 79.3 Å². The van der Waals surface area contributed by atoms with E-state index in [2.05, 4.69) is 20.6 Å². The maximum absolute atomic E-state index is 12.9. The van der Waals surface area contributed by atoms with Crippen LogP contribution in [0, 0.1) is 12.8 Å². The average molecular weight is 444 g/mol. The van der Waals surface area contributed by atoms with Crippen LogP contribution in [0.5, 0.6) is 0 Å². The summed E-state index contributed by atoms with van der Waals surface area (Å²) in [7, 11) is 0. The fraction of sp³-hybridized carbons (Fsp3) is 0.522. The number of aromatic nitrogens is 2. The fourth-order valence-corrected chi connectivity index (χ4v) is 4.71. The molecule has 1 aromatic heterocycles. The summed E-state index contributed by atoms with van der Waals surface area (Å²) < 4.78 is 1.39. The van der Waals surface area contributed by atoms with E-state index in [1.54, 1.807) is 6.20 Å². The van der Waals surface area contributed by atoms with Crippen molar-refractivity contribution >= 4 is 28.9 Å². The third-order valence-electron chi connectivity index (χ3n) is 6.42. The molecular weight excluding hydrogens is 414 g/mol. The van der Waals surface area contributed by atoms with Crippen LogP contribution in [0.4, 0.5) is 11.4 Å². The Labute approximate surface area is 187 Å². The second-order valence-electron chi connectivity index (χ2n) is 8.46. The molecule has 1 saturated carbocycles. The van der Waals surface area contributed by atoms with E-state index in [9.17, 15) is 9.59 Å². The predicted molar refractivity (Wildman–Crippen MR) is 124 cm³/mol. The normalized spacial score (nSPS) is 17.5. The number of rotatable bonds is 5. The predicted octanol–water partition coefficient (Wildman–Crippen LogP) is 3.18. The molecule has 1 aliphatic heterocycles. The Kier molecular flexibility index (Phi) is 6.92. The van der Waals surface area contributed by atoms with Gasteiger partial charge in [-0.25, -0.2) is 4.68 Å². The molecule has 2 N–H and O–H groups in total. The van der Waals surface area contributed by atoms with Crippen molar-refractivity contribution in [2.45, 2.75) is 45.6 Å². The third-order valence-corrected chi connectivity index (χ3v) is 6.78. The molecular formula is C23H30ClN5O2. The van der Waals surface area contributed by atoms with E-state index in [-0.39, 0.29) is 22.4 Å². The number of benzene rings is 1. The SMILES string of the molecule is Cc1c(Cn2ncc(N3CCNCC3)c(Cl)c2=O)cccc1NC(=O)C1CCCCC1. The highest BCUT2D eigenvalue weighted by molar-refractivity contribution is 6.33. The van der Waals surface area contributed by atoms with Gasteiger partial charge in [-0.05, 0) is 37.0 Å². The molecule has 1 amide bonds. The first kappa shape index (κ1) is 21.8. The zero-order valence-corrected chi connectivity index (χ0v) is 18.7. The Morgan fingerprint density at radius 1 is 1.23 bits per heavy atom. The van der Waals surface area contributed by atoms with Gasteiger partial charge >= 0.3 is 0 Å². The molecule has 1 saturated heterocycles. The Bertz CT molecular complexity index is 994. The zero-order valence-electron chi connectivity index (χ0n) is 18.0. The van der Waals surface area contributed by atoms with Crippen molar-refractivity contribution in [3.05, 3.63) is 50.9 Å². The van der Waals surface area contributed by atoms with E-state index < -0.39 is 0 Å². The third kappa shape index (κ3) is 4.93. The van der Waals surface area contributed by atoms with Crippen LogP contribution < -0.4 is 21.1 Å². The lowest BCUT2D eigenvalue weighted by molar-refractivity contribution is -0.120. The Balaban J connectivity index is 1.51. The van der Waals surface area contributed by atoms with Crippen LogP contribution in [-0.2, 0) is 11.3 Å². The monoisotopic (exact) mass is 443 g/mol. The number of nitrogens with zero attached hydrogens (tertiary/aromatic N) is 3. The van der Waals surface area contributed by atoms with E-state index in [1.807, 2.05) is 25.1 Å². The van der Waals surface area contributed by atoms with E-state index in [0.717, 1.165) is 68.7 Å². The van der Waals surface area contributed by atoms with Crippen LogP contribution in [0.15, 0.2) is 29.2 Å². The highest BCUT2D eigenvalue weighted by Gasteiger charge is 2.22. The summed E-state index contributed by atoms with van der Waals surface area (Å²) in [6, 6.07) is 5.77. The average Bonchev–Trinajstić information content (AvgIpc) is 2.80. The van der Waals surface area contributed by atoms with E-state index >= 15 is 0 Å². The lowest BCUT2D eigenvalue weighted by atomic mass is 9.88. The van der Waals surface area contributed by atoms with Crippen LogP contribution in [-0.4, -0.2) is 41.9 Å². The summed E-state index contributed by atoms with van der Waals surface area (Å²) >= 11 is 6.43. The van der Waals surface area contributed by atoms with Crippen molar-refractivity contribution < 1.29 is 4.79 Å². The first-order valence-corrected chi connectivity index (χ1v) is 11.5. The summed E-state index contributed by atoms with van der Waals surface area (Å²) in [5.74, 6) is 0.191. The van der Waals surface area contributed by atoms with Crippen LogP contribution in [0.25, 0.3) is 0 Å². The van der Waals surface area contributed by atoms with Gasteiger partial charge in [-0.3, -0.25) is 9.59 Å². The molecule has 166 valence electrons. The molecule has 2 heterocycles. The van der Waals surface area contributed by atoms with E-state index in [0.29, 0.717) is 12.2 Å². The molecule has 0 radical (unpaired) electrons. The second kappa shape index (κ2) is 9.83.